The molecule has 0 aliphatic heterocycles. The lowest BCUT2D eigenvalue weighted by Gasteiger charge is -2.36. The smallest absolute Gasteiger partial charge is 0.249 e. The molecule has 1 saturated carbocycles. The lowest BCUT2D eigenvalue weighted by molar-refractivity contribution is 0.0943. The number of benzene rings is 1. The van der Waals surface area contributed by atoms with Gasteiger partial charge >= 0.3 is 0 Å². The Hall–Kier alpha value is -1.55. The average Bonchev–Trinajstić information content (AvgIpc) is 2.47. The molecule has 0 unspecified atom stereocenters. The molecule has 0 aromatic heterocycles. The van der Waals surface area contributed by atoms with E-state index in [-0.39, 0.29) is 12.0 Å². The van der Waals surface area contributed by atoms with Crippen LogP contribution in [0.25, 0.3) is 0 Å². The van der Waals surface area contributed by atoms with Gasteiger partial charge in [0.05, 0.1) is 6.61 Å². The Morgan fingerprint density at radius 1 is 1.35 bits per heavy atom. The monoisotopic (exact) mass is 276 g/mol. The number of anilines is 1. The summed E-state index contributed by atoms with van der Waals surface area (Å²) in [6.45, 7) is 2.86. The lowest BCUT2D eigenvalue weighted by Crippen LogP contribution is -2.35. The van der Waals surface area contributed by atoms with Crippen molar-refractivity contribution in [2.24, 2.45) is 11.1 Å². The van der Waals surface area contributed by atoms with Crippen LogP contribution in [-0.2, 0) is 0 Å². The van der Waals surface area contributed by atoms with E-state index in [9.17, 15) is 9.90 Å². The number of nitrogens with two attached hydrogens (primary N) is 1. The predicted octanol–water partition coefficient (Wildman–Crippen LogP) is 2.45. The molecule has 0 atom stereocenters. The summed E-state index contributed by atoms with van der Waals surface area (Å²) in [7, 11) is 0. The Morgan fingerprint density at radius 3 is 2.65 bits per heavy atom. The normalized spacial score (nSPS) is 17.7. The summed E-state index contributed by atoms with van der Waals surface area (Å²) >= 11 is 0. The number of rotatable bonds is 5. The van der Waals surface area contributed by atoms with Crippen LogP contribution in [0.5, 0.6) is 0 Å². The fourth-order valence-corrected chi connectivity index (χ4v) is 3.07. The van der Waals surface area contributed by atoms with Gasteiger partial charge in [-0.25, -0.2) is 0 Å². The van der Waals surface area contributed by atoms with E-state index in [4.69, 9.17) is 5.73 Å². The highest BCUT2D eigenvalue weighted by Crippen LogP contribution is 2.36. The van der Waals surface area contributed by atoms with Crippen molar-refractivity contribution in [1.82, 2.24) is 0 Å². The van der Waals surface area contributed by atoms with Gasteiger partial charge < -0.3 is 16.2 Å². The zero-order valence-corrected chi connectivity index (χ0v) is 12.1. The highest BCUT2D eigenvalue weighted by molar-refractivity contribution is 5.95. The van der Waals surface area contributed by atoms with Crippen LogP contribution in [0.2, 0.25) is 0 Å². The summed E-state index contributed by atoms with van der Waals surface area (Å²) in [6, 6.07) is 5.53. The SMILES string of the molecule is Cc1c(NCC2(CO)CCCCC2)cccc1C(N)=O. The number of aliphatic hydroxyl groups excluding tert-OH is 1. The highest BCUT2D eigenvalue weighted by atomic mass is 16.3. The minimum absolute atomic E-state index is 0.0204. The molecule has 4 nitrogen and oxygen atoms in total. The zero-order valence-electron chi connectivity index (χ0n) is 12.1. The first-order valence-corrected chi connectivity index (χ1v) is 7.32. The molecule has 4 heteroatoms. The summed E-state index contributed by atoms with van der Waals surface area (Å²) < 4.78 is 0. The molecule has 0 saturated heterocycles. The van der Waals surface area contributed by atoms with Crippen LogP contribution in [0.3, 0.4) is 0 Å². The first-order valence-electron chi connectivity index (χ1n) is 7.32. The second kappa shape index (κ2) is 6.27. The topological polar surface area (TPSA) is 75.3 Å². The highest BCUT2D eigenvalue weighted by Gasteiger charge is 2.31. The first-order chi connectivity index (χ1) is 9.58. The molecule has 1 aromatic rings. The van der Waals surface area contributed by atoms with Crippen molar-refractivity contribution in [3.63, 3.8) is 0 Å². The largest absolute Gasteiger partial charge is 0.396 e. The van der Waals surface area contributed by atoms with Gasteiger partial charge in [-0.2, -0.15) is 0 Å². The number of carbonyl (C=O) groups excluding carboxylic acids is 1. The van der Waals surface area contributed by atoms with Crippen molar-refractivity contribution in [2.45, 2.75) is 39.0 Å². The summed E-state index contributed by atoms with van der Waals surface area (Å²) in [6.07, 6.45) is 5.75. The number of amides is 1. The van der Waals surface area contributed by atoms with E-state index in [1.165, 1.54) is 19.3 Å². The summed E-state index contributed by atoms with van der Waals surface area (Å²) in [4.78, 5) is 11.4. The van der Waals surface area contributed by atoms with Crippen molar-refractivity contribution < 1.29 is 9.90 Å². The molecule has 1 aliphatic rings. The number of nitrogens with one attached hydrogen (secondary N) is 1. The van der Waals surface area contributed by atoms with E-state index >= 15 is 0 Å². The number of aliphatic hydroxyl groups is 1. The number of primary amides is 1. The van der Waals surface area contributed by atoms with Gasteiger partial charge in [0.25, 0.3) is 0 Å². The third kappa shape index (κ3) is 3.12. The van der Waals surface area contributed by atoms with E-state index < -0.39 is 5.91 Å². The molecule has 110 valence electrons. The quantitative estimate of drug-likeness (QED) is 0.773. The van der Waals surface area contributed by atoms with Crippen molar-refractivity contribution in [3.8, 4) is 0 Å². The van der Waals surface area contributed by atoms with E-state index in [0.717, 1.165) is 30.6 Å². The van der Waals surface area contributed by atoms with Crippen molar-refractivity contribution in [1.29, 1.82) is 0 Å². The first kappa shape index (κ1) is 14.9. The summed E-state index contributed by atoms with van der Waals surface area (Å²) in [5, 5.41) is 13.1. The molecular formula is C16H24N2O2. The summed E-state index contributed by atoms with van der Waals surface area (Å²) in [5.41, 5.74) is 7.71. The maximum Gasteiger partial charge on any atom is 0.249 e. The fourth-order valence-electron chi connectivity index (χ4n) is 3.07. The molecule has 20 heavy (non-hydrogen) atoms. The Morgan fingerprint density at radius 2 is 2.05 bits per heavy atom. The molecule has 1 aromatic carbocycles. The van der Waals surface area contributed by atoms with Crippen LogP contribution in [0.4, 0.5) is 5.69 Å². The zero-order chi connectivity index (χ0) is 14.6. The Labute approximate surface area is 120 Å². The van der Waals surface area contributed by atoms with Gasteiger partial charge in [0.1, 0.15) is 0 Å². The minimum Gasteiger partial charge on any atom is -0.396 e. The second-order valence-corrected chi connectivity index (χ2v) is 5.91. The standard InChI is InChI=1S/C16H24N2O2/c1-12-13(15(17)20)6-5-7-14(12)18-10-16(11-19)8-3-2-4-9-16/h5-7,18-19H,2-4,8-11H2,1H3,(H2,17,20). The van der Waals surface area contributed by atoms with E-state index in [1.54, 1.807) is 6.07 Å². The molecule has 4 N–H and O–H groups in total. The van der Waals surface area contributed by atoms with Crippen molar-refractivity contribution >= 4 is 11.6 Å². The maximum absolute atomic E-state index is 11.4. The minimum atomic E-state index is -0.402. The molecule has 0 radical (unpaired) electrons. The second-order valence-electron chi connectivity index (χ2n) is 5.91. The molecule has 0 spiro atoms. The van der Waals surface area contributed by atoms with Gasteiger partial charge in [0.2, 0.25) is 5.91 Å². The van der Waals surface area contributed by atoms with Crippen LogP contribution in [0.1, 0.15) is 48.0 Å². The molecular weight excluding hydrogens is 252 g/mol. The maximum atomic E-state index is 11.4. The molecule has 1 aliphatic carbocycles. The third-order valence-electron chi connectivity index (χ3n) is 4.50. The Balaban J connectivity index is 2.10. The van der Waals surface area contributed by atoms with Gasteiger partial charge in [0, 0.05) is 23.2 Å². The van der Waals surface area contributed by atoms with E-state index in [2.05, 4.69) is 5.32 Å². The van der Waals surface area contributed by atoms with E-state index in [0.29, 0.717) is 5.56 Å². The van der Waals surface area contributed by atoms with Crippen LogP contribution in [-0.4, -0.2) is 24.2 Å². The predicted molar refractivity (Wildman–Crippen MR) is 80.8 cm³/mol. The van der Waals surface area contributed by atoms with Gasteiger partial charge in [-0.3, -0.25) is 4.79 Å². The van der Waals surface area contributed by atoms with Crippen LogP contribution in [0.15, 0.2) is 18.2 Å². The summed E-state index contributed by atoms with van der Waals surface area (Å²) in [5.74, 6) is -0.402. The number of hydrogen-bond donors (Lipinski definition) is 3. The van der Waals surface area contributed by atoms with Crippen LogP contribution >= 0.6 is 0 Å². The molecule has 1 amide bonds. The van der Waals surface area contributed by atoms with Gasteiger partial charge in [0.15, 0.2) is 0 Å². The Kier molecular flexibility index (Phi) is 4.65. The van der Waals surface area contributed by atoms with Gasteiger partial charge in [-0.05, 0) is 37.5 Å². The number of carbonyl (C=O) groups is 1. The molecule has 0 bridgehead atoms. The van der Waals surface area contributed by atoms with Crippen LogP contribution < -0.4 is 11.1 Å². The molecule has 2 rings (SSSR count). The average molecular weight is 276 g/mol. The Bertz CT molecular complexity index is 479. The van der Waals surface area contributed by atoms with Gasteiger partial charge in [-0.1, -0.05) is 25.3 Å². The van der Waals surface area contributed by atoms with Crippen molar-refractivity contribution in [3.05, 3.63) is 29.3 Å². The molecule has 0 heterocycles. The lowest BCUT2D eigenvalue weighted by atomic mass is 9.74. The van der Waals surface area contributed by atoms with Crippen molar-refractivity contribution in [2.75, 3.05) is 18.5 Å². The van der Waals surface area contributed by atoms with E-state index in [1.807, 2.05) is 19.1 Å². The van der Waals surface area contributed by atoms with Crippen LogP contribution in [0, 0.1) is 12.3 Å². The third-order valence-corrected chi connectivity index (χ3v) is 4.50. The fraction of sp³-hybridized carbons (Fsp3) is 0.562. The molecule has 1 fully saturated rings. The number of hydrogen-bond acceptors (Lipinski definition) is 3. The van der Waals surface area contributed by atoms with Gasteiger partial charge in [-0.15, -0.1) is 0 Å².